The molecule has 0 bridgehead atoms. The van der Waals surface area contributed by atoms with Crippen molar-refractivity contribution >= 4 is 31.6 Å². The van der Waals surface area contributed by atoms with Gasteiger partial charge in [0.05, 0.1) is 22.0 Å². The van der Waals surface area contributed by atoms with E-state index in [4.69, 9.17) is 21.1 Å². The van der Waals surface area contributed by atoms with E-state index in [9.17, 15) is 21.9 Å². The van der Waals surface area contributed by atoms with Crippen molar-refractivity contribution in [3.05, 3.63) is 53.1 Å². The third kappa shape index (κ3) is 6.68. The van der Waals surface area contributed by atoms with Crippen LogP contribution < -0.4 is 14.8 Å². The second kappa shape index (κ2) is 11.8. The van der Waals surface area contributed by atoms with Gasteiger partial charge in [0.1, 0.15) is 18.5 Å². The third-order valence-electron chi connectivity index (χ3n) is 7.08. The van der Waals surface area contributed by atoms with Crippen LogP contribution in [0.25, 0.3) is 0 Å². The van der Waals surface area contributed by atoms with Crippen LogP contribution >= 0.6 is 11.6 Å². The van der Waals surface area contributed by atoms with E-state index in [1.165, 1.54) is 29.6 Å². The number of aliphatic hydroxyl groups is 1. The Balaban J connectivity index is 1.24. The second-order valence-electron chi connectivity index (χ2n) is 9.76. The van der Waals surface area contributed by atoms with Gasteiger partial charge in [-0.1, -0.05) is 23.7 Å². The highest BCUT2D eigenvalue weighted by atomic mass is 35.5. The molecule has 2 aliphatic rings. The SMILES string of the molecule is CNS(=O)(=O)c1cccc(OC[C@@H](O)CNC2COC3(CCN(S(=O)(=O)c4cc(Cl)ccc4C)CC3)C2)c1. The number of ether oxygens (including phenoxy) is 2. The molecule has 0 aliphatic carbocycles. The highest BCUT2D eigenvalue weighted by Crippen LogP contribution is 2.38. The van der Waals surface area contributed by atoms with Crippen molar-refractivity contribution in [1.82, 2.24) is 14.3 Å². The summed E-state index contributed by atoms with van der Waals surface area (Å²) in [4.78, 5) is 0.319. The molecule has 38 heavy (non-hydrogen) atoms. The lowest BCUT2D eigenvalue weighted by Crippen LogP contribution is -2.47. The van der Waals surface area contributed by atoms with Crippen LogP contribution in [0.2, 0.25) is 5.02 Å². The maximum atomic E-state index is 13.2. The molecule has 0 radical (unpaired) electrons. The zero-order valence-electron chi connectivity index (χ0n) is 21.4. The summed E-state index contributed by atoms with van der Waals surface area (Å²) < 4.78 is 65.8. The summed E-state index contributed by atoms with van der Waals surface area (Å²) in [6.07, 6.45) is 1.07. The van der Waals surface area contributed by atoms with Crippen molar-refractivity contribution in [2.75, 3.05) is 39.9 Å². The summed E-state index contributed by atoms with van der Waals surface area (Å²) in [5, 5.41) is 14.1. The maximum absolute atomic E-state index is 13.2. The van der Waals surface area contributed by atoms with Gasteiger partial charge in [-0.25, -0.2) is 21.6 Å². The first kappa shape index (κ1) is 29.2. The van der Waals surface area contributed by atoms with Gasteiger partial charge in [-0.3, -0.25) is 0 Å². The van der Waals surface area contributed by atoms with Crippen LogP contribution in [0.4, 0.5) is 0 Å². The van der Waals surface area contributed by atoms with Crippen LogP contribution in [0.1, 0.15) is 24.8 Å². The minimum Gasteiger partial charge on any atom is -0.491 e. The topological polar surface area (TPSA) is 134 Å². The molecule has 3 N–H and O–H groups in total. The Morgan fingerprint density at radius 3 is 2.63 bits per heavy atom. The Labute approximate surface area is 229 Å². The number of hydrogen-bond donors (Lipinski definition) is 3. The van der Waals surface area contributed by atoms with Crippen molar-refractivity contribution in [2.45, 2.75) is 53.7 Å². The average molecular weight is 588 g/mol. The largest absolute Gasteiger partial charge is 0.491 e. The van der Waals surface area contributed by atoms with E-state index in [2.05, 4.69) is 10.0 Å². The molecular weight excluding hydrogens is 554 g/mol. The van der Waals surface area contributed by atoms with E-state index in [-0.39, 0.29) is 29.0 Å². The van der Waals surface area contributed by atoms with Crippen molar-refractivity contribution in [2.24, 2.45) is 0 Å². The molecule has 210 valence electrons. The van der Waals surface area contributed by atoms with Crippen molar-refractivity contribution in [3.63, 3.8) is 0 Å². The zero-order chi connectivity index (χ0) is 27.6. The van der Waals surface area contributed by atoms with Gasteiger partial charge in [-0.05, 0) is 63.1 Å². The molecule has 1 unspecified atom stereocenters. The molecule has 10 nitrogen and oxygen atoms in total. The maximum Gasteiger partial charge on any atom is 0.243 e. The average Bonchev–Trinajstić information content (AvgIpc) is 3.30. The van der Waals surface area contributed by atoms with Crippen LogP contribution in [-0.4, -0.2) is 83.9 Å². The van der Waals surface area contributed by atoms with Gasteiger partial charge in [-0.15, -0.1) is 0 Å². The first-order chi connectivity index (χ1) is 17.9. The van der Waals surface area contributed by atoms with Gasteiger partial charge in [0.15, 0.2) is 0 Å². The van der Waals surface area contributed by atoms with E-state index in [1.807, 2.05) is 0 Å². The molecule has 2 aromatic rings. The molecule has 2 saturated heterocycles. The Morgan fingerprint density at radius 1 is 1.18 bits per heavy atom. The number of piperidine rings is 1. The number of halogens is 1. The van der Waals surface area contributed by atoms with Crippen LogP contribution in [-0.2, 0) is 24.8 Å². The number of rotatable bonds is 10. The summed E-state index contributed by atoms with van der Waals surface area (Å²) in [6, 6.07) is 11.0. The van der Waals surface area contributed by atoms with E-state index >= 15 is 0 Å². The molecule has 13 heteroatoms. The molecule has 2 heterocycles. The monoisotopic (exact) mass is 587 g/mol. The van der Waals surface area contributed by atoms with E-state index < -0.39 is 31.8 Å². The van der Waals surface area contributed by atoms with Gasteiger partial charge in [0.2, 0.25) is 20.0 Å². The number of nitrogens with zero attached hydrogens (tertiary/aromatic N) is 1. The zero-order valence-corrected chi connectivity index (χ0v) is 23.8. The highest BCUT2D eigenvalue weighted by Gasteiger charge is 2.45. The molecule has 0 saturated carbocycles. The Hall–Kier alpha value is -1.77. The molecule has 0 amide bonds. The Kier molecular flexibility index (Phi) is 9.05. The van der Waals surface area contributed by atoms with Crippen LogP contribution in [0, 0.1) is 6.92 Å². The summed E-state index contributed by atoms with van der Waals surface area (Å²) in [7, 11) is -5.89. The Bertz CT molecular complexity index is 1350. The molecular formula is C25H34ClN3O7S2. The summed E-state index contributed by atoms with van der Waals surface area (Å²) in [5.74, 6) is 0.346. The van der Waals surface area contributed by atoms with Gasteiger partial charge in [-0.2, -0.15) is 4.31 Å². The predicted octanol–water partition coefficient (Wildman–Crippen LogP) is 1.90. The summed E-state index contributed by atoms with van der Waals surface area (Å²) in [5.41, 5.74) is 0.266. The first-order valence-electron chi connectivity index (χ1n) is 12.4. The molecule has 2 aliphatic heterocycles. The molecule has 1 spiro atoms. The minimum atomic E-state index is -3.64. The molecule has 2 atom stereocenters. The number of sulfonamides is 2. The molecule has 2 fully saturated rings. The van der Waals surface area contributed by atoms with Crippen LogP contribution in [0.3, 0.4) is 0 Å². The third-order valence-corrected chi connectivity index (χ3v) is 10.8. The van der Waals surface area contributed by atoms with Crippen molar-refractivity contribution in [1.29, 1.82) is 0 Å². The van der Waals surface area contributed by atoms with Gasteiger partial charge in [0, 0.05) is 36.8 Å². The first-order valence-corrected chi connectivity index (χ1v) is 15.7. The van der Waals surface area contributed by atoms with Gasteiger partial charge >= 0.3 is 0 Å². The normalized spacial score (nSPS) is 21.0. The fourth-order valence-corrected chi connectivity index (χ4v) is 7.55. The van der Waals surface area contributed by atoms with E-state index in [0.717, 1.165) is 0 Å². The molecule has 4 rings (SSSR count). The van der Waals surface area contributed by atoms with E-state index in [0.29, 0.717) is 55.3 Å². The van der Waals surface area contributed by atoms with Crippen molar-refractivity contribution < 1.29 is 31.4 Å². The van der Waals surface area contributed by atoms with Gasteiger partial charge < -0.3 is 19.9 Å². The van der Waals surface area contributed by atoms with Crippen LogP contribution in [0.5, 0.6) is 5.75 Å². The number of aryl methyl sites for hydroxylation is 1. The second-order valence-corrected chi connectivity index (χ2v) is 14.0. The number of benzene rings is 2. The minimum absolute atomic E-state index is 0.00941. The van der Waals surface area contributed by atoms with E-state index in [1.54, 1.807) is 31.2 Å². The predicted molar refractivity (Wildman–Crippen MR) is 143 cm³/mol. The van der Waals surface area contributed by atoms with Crippen molar-refractivity contribution in [3.8, 4) is 5.75 Å². The fraction of sp³-hybridized carbons (Fsp3) is 0.520. The lowest BCUT2D eigenvalue weighted by molar-refractivity contribution is -0.0312. The number of nitrogens with one attached hydrogen (secondary N) is 2. The Morgan fingerprint density at radius 2 is 1.92 bits per heavy atom. The molecule has 2 aromatic carbocycles. The molecule has 0 aromatic heterocycles. The van der Waals surface area contributed by atoms with Crippen LogP contribution in [0.15, 0.2) is 52.3 Å². The lowest BCUT2D eigenvalue weighted by Gasteiger charge is -2.38. The fourth-order valence-electron chi connectivity index (χ4n) is 4.85. The smallest absolute Gasteiger partial charge is 0.243 e. The number of aliphatic hydroxyl groups excluding tert-OH is 1. The summed E-state index contributed by atoms with van der Waals surface area (Å²) >= 11 is 6.05. The number of hydrogen-bond acceptors (Lipinski definition) is 8. The summed E-state index contributed by atoms with van der Waals surface area (Å²) in [6.45, 7) is 3.21. The van der Waals surface area contributed by atoms with Gasteiger partial charge in [0.25, 0.3) is 0 Å². The quantitative estimate of drug-likeness (QED) is 0.384. The highest BCUT2D eigenvalue weighted by molar-refractivity contribution is 7.89. The standard InChI is InChI=1S/C25H34ClN3O7S2/c1-18-6-7-19(26)12-24(18)38(33,34)29-10-8-25(9-11-29)14-20(16-36-25)28-15-21(30)17-35-22-4-3-5-23(13-22)37(31,32)27-2/h3-7,12-13,20-21,27-28,30H,8-11,14-17H2,1-2H3/t20?,21-/m0/s1. The lowest BCUT2D eigenvalue weighted by atomic mass is 9.88.